The first-order chi connectivity index (χ1) is 2.77. The summed E-state index contributed by atoms with van der Waals surface area (Å²) in [6.07, 6.45) is 1.53. The molecule has 0 heterocycles. The van der Waals surface area contributed by atoms with Gasteiger partial charge in [-0.3, -0.25) is 0 Å². The third-order valence-corrected chi connectivity index (χ3v) is 0.895. The minimum absolute atomic E-state index is 1.12. The van der Waals surface area contributed by atoms with Gasteiger partial charge < -0.3 is 0 Å². The van der Waals surface area contributed by atoms with Gasteiger partial charge in [0.15, 0.2) is 0 Å². The van der Waals surface area contributed by atoms with Crippen LogP contribution in [0.1, 0.15) is 0 Å². The summed E-state index contributed by atoms with van der Waals surface area (Å²) in [6, 6.07) is 0. The fourth-order valence-corrected chi connectivity index (χ4v) is 0.340. The molecule has 0 bridgehead atoms. The second kappa shape index (κ2) is 4.32. The van der Waals surface area contributed by atoms with Crippen molar-refractivity contribution in [1.29, 1.82) is 6.54 Å². The van der Waals surface area contributed by atoms with Crippen LogP contribution in [0, 0.1) is 11.5 Å². The highest BCUT2D eigenvalue weighted by Crippen LogP contribution is 2.07. The van der Waals surface area contributed by atoms with E-state index >= 15 is 0 Å². The Morgan fingerprint density at radius 1 is 2.40 bits per heavy atom. The maximum absolute atomic E-state index is 7.71. The van der Waals surface area contributed by atoms with E-state index in [4.69, 9.17) is 6.54 Å². The number of halogens is 1. The van der Waals surface area contributed by atoms with Crippen molar-refractivity contribution in [2.75, 3.05) is 0 Å². The van der Waals surface area contributed by atoms with Crippen LogP contribution in [0.3, 0.4) is 0 Å². The average molecular weight is 200 g/mol. The highest BCUT2D eigenvalue weighted by molar-refractivity contribution is 14.2. The van der Waals surface area contributed by atoms with E-state index in [-0.39, 0.29) is 0 Å². The Morgan fingerprint density at radius 2 is 3.00 bits per heavy atom. The van der Waals surface area contributed by atoms with Gasteiger partial charge in [0.25, 0.3) is 28.0 Å². The SMILES string of the molecule is [2H][P+](I)=NC#N. The van der Waals surface area contributed by atoms with Gasteiger partial charge in [0.1, 0.15) is 0 Å². The molecule has 2 nitrogen and oxygen atoms in total. The largest absolute Gasteiger partial charge is 0.376 e. The van der Waals surface area contributed by atoms with Gasteiger partial charge in [-0.15, -0.1) is 0 Å². The van der Waals surface area contributed by atoms with Gasteiger partial charge in [0.05, 0.1) is 0 Å². The molecule has 0 aromatic heterocycles. The second-order valence-corrected chi connectivity index (χ2v) is 1.92. The molecule has 0 aromatic rings. The summed E-state index contributed by atoms with van der Waals surface area (Å²) in [5.41, 5.74) is 0. The summed E-state index contributed by atoms with van der Waals surface area (Å²) in [6.45, 7) is 0. The molecule has 0 aliphatic rings. The Hall–Kier alpha value is 0.320. The molecule has 0 amide bonds. The van der Waals surface area contributed by atoms with Crippen molar-refractivity contribution < 1.29 is 0 Å². The number of hydrogen-bond acceptors (Lipinski definition) is 2. The summed E-state index contributed by atoms with van der Waals surface area (Å²) in [4.78, 5) is 0. The van der Waals surface area contributed by atoms with E-state index < -0.39 is 5.96 Å². The quantitative estimate of drug-likeness (QED) is 0.332. The molecule has 0 aliphatic carbocycles. The maximum atomic E-state index is 7.71. The standard InChI is InChI=1S/CIN2P/c2-5-4-1-3/p+1/i/hD. The smallest absolute Gasteiger partial charge is 0.167 e. The highest BCUT2D eigenvalue weighted by Gasteiger charge is 1.64. The van der Waals surface area contributed by atoms with Crippen molar-refractivity contribution in [3.05, 3.63) is 0 Å². The third-order valence-electron chi connectivity index (χ3n) is 0.0825. The molecule has 1 unspecified atom stereocenters. The van der Waals surface area contributed by atoms with Gasteiger partial charge >= 0.3 is 1.28 Å². The average Bonchev–Trinajstić information content (AvgIpc) is 1.35. The molecule has 0 spiro atoms. The second-order valence-electron chi connectivity index (χ2n) is 0.276. The lowest BCUT2D eigenvalue weighted by Crippen LogP contribution is -1.20. The van der Waals surface area contributed by atoms with E-state index in [1.807, 2.05) is 0 Å². The monoisotopic (exact) mass is 200 g/mol. The fraction of sp³-hybridized carbons (Fsp3) is 0. The predicted octanol–water partition coefficient (Wildman–Crippen LogP) is 1.68. The first-order valence-electron chi connectivity index (χ1n) is 1.26. The van der Waals surface area contributed by atoms with E-state index in [1.165, 1.54) is 6.19 Å². The van der Waals surface area contributed by atoms with Gasteiger partial charge in [-0.2, -0.15) is 5.26 Å². The Bertz CT molecular complexity index is 101. The normalized spacial score (nSPS) is 12.8. The van der Waals surface area contributed by atoms with Crippen molar-refractivity contribution in [2.24, 2.45) is 4.74 Å². The van der Waals surface area contributed by atoms with E-state index in [2.05, 4.69) is 4.74 Å². The molecule has 0 rings (SSSR count). The van der Waals surface area contributed by atoms with Gasteiger partial charge in [-0.05, 0) is 0 Å². The van der Waals surface area contributed by atoms with Crippen LogP contribution in [-0.4, -0.2) is 1.28 Å². The molecule has 0 saturated heterocycles. The molecule has 0 fully saturated rings. The minimum atomic E-state index is -1.12. The molecule has 1 atom stereocenters. The zero-order valence-electron chi connectivity index (χ0n) is 3.22. The lowest BCUT2D eigenvalue weighted by molar-refractivity contribution is 1.46. The van der Waals surface area contributed by atoms with E-state index in [1.54, 1.807) is 22.0 Å². The fourth-order valence-electron chi connectivity index (χ4n) is 0.0169. The van der Waals surface area contributed by atoms with Crippen LogP contribution in [0.2, 0.25) is 0 Å². The zero-order chi connectivity index (χ0) is 4.99. The molecule has 0 aromatic carbocycles. The maximum Gasteiger partial charge on any atom is 0.376 e. The topological polar surface area (TPSA) is 36.1 Å². The van der Waals surface area contributed by atoms with Crippen LogP contribution in [0.15, 0.2) is 4.74 Å². The summed E-state index contributed by atoms with van der Waals surface area (Å²) >= 11 is 1.78. The van der Waals surface area contributed by atoms with Crippen molar-refractivity contribution in [1.82, 2.24) is 0 Å². The number of rotatable bonds is 0. The van der Waals surface area contributed by atoms with Crippen molar-refractivity contribution in [2.45, 2.75) is 0 Å². The van der Waals surface area contributed by atoms with E-state index in [0.29, 0.717) is 0 Å². The van der Waals surface area contributed by atoms with Gasteiger partial charge in [-0.25, -0.2) is 0 Å². The molecule has 0 N–H and O–H groups in total. The van der Waals surface area contributed by atoms with Crippen LogP contribution in [-0.2, 0) is 0 Å². The van der Waals surface area contributed by atoms with Crippen molar-refractivity contribution in [3.8, 4) is 6.19 Å². The van der Waals surface area contributed by atoms with Gasteiger partial charge in [-0.1, -0.05) is 0 Å². The minimum Gasteiger partial charge on any atom is -0.167 e. The van der Waals surface area contributed by atoms with Crippen LogP contribution in [0.4, 0.5) is 0 Å². The van der Waals surface area contributed by atoms with Gasteiger partial charge in [0.2, 0.25) is 6.19 Å². The van der Waals surface area contributed by atoms with E-state index in [0.717, 1.165) is 0 Å². The van der Waals surface area contributed by atoms with Crippen LogP contribution >= 0.6 is 28.0 Å². The first kappa shape index (κ1) is 3.51. The molecule has 26 valence electrons. The third kappa shape index (κ3) is 4.32. The molecule has 5 heavy (non-hydrogen) atoms. The van der Waals surface area contributed by atoms with Gasteiger partial charge in [0, 0.05) is 4.74 Å². The summed E-state index contributed by atoms with van der Waals surface area (Å²) in [5, 5.41) is 7.71. The number of nitrogens with zero attached hydrogens (tertiary/aromatic N) is 2. The van der Waals surface area contributed by atoms with Crippen LogP contribution in [0.25, 0.3) is 0 Å². The lowest BCUT2D eigenvalue weighted by Gasteiger charge is -1.31. The molecular weight excluding hydrogens is 198 g/mol. The summed E-state index contributed by atoms with van der Waals surface area (Å²) in [7, 11) is 0. The summed E-state index contributed by atoms with van der Waals surface area (Å²) in [5.74, 6) is -1.12. The molecule has 0 aliphatic heterocycles. The molecule has 4 heteroatoms. The predicted molar refractivity (Wildman–Crippen MR) is 30.4 cm³/mol. The zero-order valence-corrected chi connectivity index (χ0v) is 5.27. The lowest BCUT2D eigenvalue weighted by atomic mass is 11.5. The van der Waals surface area contributed by atoms with Crippen molar-refractivity contribution in [3.63, 3.8) is 0 Å². The first-order valence-corrected chi connectivity index (χ1v) is 4.45. The molecule has 0 radical (unpaired) electrons. The van der Waals surface area contributed by atoms with Crippen molar-refractivity contribution >= 4 is 28.0 Å². The van der Waals surface area contributed by atoms with Crippen LogP contribution < -0.4 is 0 Å². The van der Waals surface area contributed by atoms with E-state index in [9.17, 15) is 0 Å². The summed E-state index contributed by atoms with van der Waals surface area (Å²) < 4.78 is 9.79. The Balaban J connectivity index is 3.51. The Kier molecular flexibility index (Phi) is 3.03. The molecule has 0 saturated carbocycles. The Labute approximate surface area is 45.8 Å². The Morgan fingerprint density at radius 3 is 3.00 bits per heavy atom. The molecular formula is CHIN2P+. The number of nitriles is 1. The van der Waals surface area contributed by atoms with Crippen LogP contribution in [0.5, 0.6) is 0 Å². The number of hydrogen-bond donors (Lipinski definition) is 0. The highest BCUT2D eigenvalue weighted by atomic mass is 127.